The molecule has 0 aromatic carbocycles. The lowest BCUT2D eigenvalue weighted by atomic mass is 10.0. The van der Waals surface area contributed by atoms with Gasteiger partial charge in [0.15, 0.2) is 6.04 Å². The third kappa shape index (κ3) is 41.9. The van der Waals surface area contributed by atoms with Gasteiger partial charge in [0, 0.05) is 12.8 Å². The molecule has 60 heavy (non-hydrogen) atoms. The number of carbonyl (C=O) groups excluding carboxylic acids is 2. The van der Waals surface area contributed by atoms with Gasteiger partial charge in [0.1, 0.15) is 12.7 Å². The topological polar surface area (TPSA) is 169 Å². The zero-order chi connectivity index (χ0) is 44.2. The van der Waals surface area contributed by atoms with Crippen LogP contribution in [0.15, 0.2) is 60.8 Å². The number of hydrogen-bond acceptors (Lipinski definition) is 8. The van der Waals surface area contributed by atoms with Gasteiger partial charge in [-0.1, -0.05) is 184 Å². The van der Waals surface area contributed by atoms with Gasteiger partial charge in [-0.3, -0.25) is 18.6 Å². The summed E-state index contributed by atoms with van der Waals surface area (Å²) in [4.78, 5) is 46.0. The first-order valence-corrected chi connectivity index (χ1v) is 24.8. The first kappa shape index (κ1) is 57.2. The fourth-order valence-electron chi connectivity index (χ4n) is 6.22. The quantitative estimate of drug-likeness (QED) is 0.0200. The Morgan fingerprint density at radius 3 is 1.45 bits per heavy atom. The predicted octanol–water partition coefficient (Wildman–Crippen LogP) is 12.3. The lowest BCUT2D eigenvalue weighted by Crippen LogP contribution is -2.43. The molecule has 0 aliphatic carbocycles. The fourth-order valence-corrected chi connectivity index (χ4v) is 7.00. The molecule has 0 heterocycles. The molecular formula is C48H84NO10P. The van der Waals surface area contributed by atoms with Crippen molar-refractivity contribution < 1.29 is 47.8 Å². The number of aliphatic carboxylic acids is 1. The van der Waals surface area contributed by atoms with E-state index in [4.69, 9.17) is 13.8 Å². The fraction of sp³-hybridized carbons (Fsp3) is 0.729. The van der Waals surface area contributed by atoms with Crippen molar-refractivity contribution in [1.29, 1.82) is 0 Å². The molecule has 0 spiro atoms. The molecule has 11 nitrogen and oxygen atoms in total. The number of phosphoric ester groups is 1. The minimum absolute atomic E-state index is 0.104. The number of rotatable bonds is 43. The van der Waals surface area contributed by atoms with Crippen molar-refractivity contribution in [2.75, 3.05) is 19.8 Å². The molecule has 0 fully saturated rings. The minimum Gasteiger partial charge on any atom is -0.480 e. The number of unbranched alkanes of at least 4 members (excludes halogenated alkanes) is 19. The molecule has 4 N–H and O–H groups in total. The molecule has 0 bridgehead atoms. The van der Waals surface area contributed by atoms with Crippen LogP contribution < -0.4 is 5.32 Å². The molecule has 12 heteroatoms. The van der Waals surface area contributed by atoms with Gasteiger partial charge >= 0.3 is 19.8 Å². The Morgan fingerprint density at radius 1 is 0.550 bits per heavy atom. The first-order valence-electron chi connectivity index (χ1n) is 23.3. The highest BCUT2D eigenvalue weighted by molar-refractivity contribution is 7.47. The molecule has 0 aromatic rings. The Kier molecular flexibility index (Phi) is 40.8. The van der Waals surface area contributed by atoms with Gasteiger partial charge in [0.25, 0.3) is 0 Å². The number of carboxylic acids is 1. The summed E-state index contributed by atoms with van der Waals surface area (Å²) in [6.07, 6.45) is 49.6. The van der Waals surface area contributed by atoms with E-state index in [1.165, 1.54) is 83.5 Å². The van der Waals surface area contributed by atoms with Crippen LogP contribution in [-0.4, -0.2) is 64.9 Å². The standard InChI is InChI=1S/C48H84NO10P/c1-3-5-7-9-11-13-15-17-19-21-22-24-25-27-29-31-33-35-37-39-46(51)49-45(48(53)54)43-59-60(55,56)58-42-44(50)41-57-47(52)40-38-36-34-32-30-28-26-23-20-18-16-14-12-10-8-6-4-2/h5,7,11,13,17,19,22,24,27,29,44-45,50H,3-4,6,8-10,12,14-16,18,20-21,23,25-26,28,30-43H2,1-2H3,(H,49,51)(H,53,54)(H,55,56)/b7-5-,13-11-,19-17-,24-22-,29-27-. The molecule has 1 amide bonds. The van der Waals surface area contributed by atoms with Gasteiger partial charge in [-0.05, 0) is 57.8 Å². The zero-order valence-electron chi connectivity index (χ0n) is 37.5. The molecule has 0 aliphatic heterocycles. The summed E-state index contributed by atoms with van der Waals surface area (Å²) in [5.74, 6) is -2.42. The maximum atomic E-state index is 12.3. The normalized spacial score (nSPS) is 14.2. The van der Waals surface area contributed by atoms with Crippen LogP contribution >= 0.6 is 7.82 Å². The second-order valence-corrected chi connectivity index (χ2v) is 17.0. The van der Waals surface area contributed by atoms with E-state index < -0.39 is 57.6 Å². The summed E-state index contributed by atoms with van der Waals surface area (Å²) < 4.78 is 26.9. The number of hydrogen-bond donors (Lipinski definition) is 4. The number of allylic oxidation sites excluding steroid dienone is 10. The van der Waals surface area contributed by atoms with Gasteiger partial charge < -0.3 is 25.2 Å². The van der Waals surface area contributed by atoms with Crippen LogP contribution in [0.4, 0.5) is 0 Å². The Hall–Kier alpha value is -2.82. The summed E-state index contributed by atoms with van der Waals surface area (Å²) >= 11 is 0. The van der Waals surface area contributed by atoms with Crippen LogP contribution in [0.5, 0.6) is 0 Å². The van der Waals surface area contributed by atoms with Gasteiger partial charge in [-0.25, -0.2) is 9.36 Å². The number of amides is 1. The van der Waals surface area contributed by atoms with Gasteiger partial charge in [-0.2, -0.15) is 0 Å². The van der Waals surface area contributed by atoms with Crippen LogP contribution in [-0.2, 0) is 32.7 Å². The van der Waals surface area contributed by atoms with Crippen molar-refractivity contribution in [2.45, 2.75) is 206 Å². The number of nitrogens with one attached hydrogen (secondary N) is 1. The number of carboxylic acid groups (broad SMARTS) is 1. The monoisotopic (exact) mass is 866 g/mol. The SMILES string of the molecule is CC/C=C\C/C=C\C/C=C\C/C=C\C/C=C\CCCCCC(=O)NC(COP(=O)(O)OCC(O)COC(=O)CCCCCCCCCCCCCCCCCCC)C(=O)O. The van der Waals surface area contributed by atoms with Crippen molar-refractivity contribution in [2.24, 2.45) is 0 Å². The average Bonchev–Trinajstić information content (AvgIpc) is 3.22. The smallest absolute Gasteiger partial charge is 0.472 e. The Labute approximate surface area is 364 Å². The number of aliphatic hydroxyl groups excluding tert-OH is 1. The van der Waals surface area contributed by atoms with E-state index in [1.54, 1.807) is 0 Å². The lowest BCUT2D eigenvalue weighted by molar-refractivity contribution is -0.147. The van der Waals surface area contributed by atoms with Crippen LogP contribution in [0.1, 0.15) is 194 Å². The molecule has 0 aliphatic rings. The Morgan fingerprint density at radius 2 is 0.967 bits per heavy atom. The van der Waals surface area contributed by atoms with E-state index in [-0.39, 0.29) is 12.8 Å². The number of esters is 1. The van der Waals surface area contributed by atoms with E-state index >= 15 is 0 Å². The van der Waals surface area contributed by atoms with E-state index in [9.17, 15) is 34.1 Å². The number of carbonyl (C=O) groups is 3. The van der Waals surface area contributed by atoms with E-state index in [0.717, 1.165) is 70.6 Å². The van der Waals surface area contributed by atoms with Crippen molar-refractivity contribution in [3.8, 4) is 0 Å². The summed E-state index contributed by atoms with van der Waals surface area (Å²) in [7, 11) is -4.77. The second-order valence-electron chi connectivity index (χ2n) is 15.6. The average molecular weight is 866 g/mol. The largest absolute Gasteiger partial charge is 0.480 e. The third-order valence-electron chi connectivity index (χ3n) is 9.82. The molecule has 3 unspecified atom stereocenters. The number of aliphatic hydroxyl groups is 1. The van der Waals surface area contributed by atoms with Gasteiger partial charge in [0.05, 0.1) is 13.2 Å². The summed E-state index contributed by atoms with van der Waals surface area (Å²) in [6.45, 7) is 2.47. The Balaban J connectivity index is 3.93. The van der Waals surface area contributed by atoms with Gasteiger partial charge in [-0.15, -0.1) is 0 Å². The summed E-state index contributed by atoms with van der Waals surface area (Å²) in [5.41, 5.74) is 0. The van der Waals surface area contributed by atoms with E-state index in [1.807, 2.05) is 0 Å². The highest BCUT2D eigenvalue weighted by atomic mass is 31.2. The lowest BCUT2D eigenvalue weighted by Gasteiger charge is -2.18. The van der Waals surface area contributed by atoms with Crippen molar-refractivity contribution in [3.63, 3.8) is 0 Å². The molecule has 0 aromatic heterocycles. The van der Waals surface area contributed by atoms with Crippen molar-refractivity contribution in [1.82, 2.24) is 5.32 Å². The van der Waals surface area contributed by atoms with Crippen LogP contribution in [0.3, 0.4) is 0 Å². The molecule has 0 saturated carbocycles. The molecule has 0 saturated heterocycles. The highest BCUT2D eigenvalue weighted by Crippen LogP contribution is 2.43. The third-order valence-corrected chi connectivity index (χ3v) is 10.8. The predicted molar refractivity (Wildman–Crippen MR) is 245 cm³/mol. The molecular weight excluding hydrogens is 781 g/mol. The van der Waals surface area contributed by atoms with E-state index in [2.05, 4.69) is 79.9 Å². The van der Waals surface area contributed by atoms with Crippen LogP contribution in [0, 0.1) is 0 Å². The minimum atomic E-state index is -4.77. The van der Waals surface area contributed by atoms with Gasteiger partial charge in [0.2, 0.25) is 5.91 Å². The van der Waals surface area contributed by atoms with Crippen molar-refractivity contribution in [3.05, 3.63) is 60.8 Å². The second kappa shape index (κ2) is 42.9. The molecule has 0 radical (unpaired) electrons. The summed E-state index contributed by atoms with van der Waals surface area (Å²) in [6, 6.07) is -1.57. The number of ether oxygens (including phenoxy) is 1. The molecule has 346 valence electrons. The van der Waals surface area contributed by atoms with Crippen molar-refractivity contribution >= 4 is 25.7 Å². The van der Waals surface area contributed by atoms with Crippen LogP contribution in [0.2, 0.25) is 0 Å². The molecule has 0 rings (SSSR count). The first-order chi connectivity index (χ1) is 29.1. The number of phosphoric acid groups is 1. The zero-order valence-corrected chi connectivity index (χ0v) is 38.4. The Bertz CT molecular complexity index is 1250. The maximum Gasteiger partial charge on any atom is 0.472 e. The van der Waals surface area contributed by atoms with Crippen LogP contribution in [0.25, 0.3) is 0 Å². The van der Waals surface area contributed by atoms with E-state index in [0.29, 0.717) is 12.8 Å². The summed E-state index contributed by atoms with van der Waals surface area (Å²) in [5, 5.41) is 21.8. The maximum absolute atomic E-state index is 12.3. The highest BCUT2D eigenvalue weighted by Gasteiger charge is 2.28. The molecule has 3 atom stereocenters.